The maximum absolute atomic E-state index is 12.5. The molecule has 1 N–H and O–H groups in total. The summed E-state index contributed by atoms with van der Waals surface area (Å²) in [6.07, 6.45) is 0.482. The van der Waals surface area contributed by atoms with Gasteiger partial charge in [0, 0.05) is 23.6 Å². The second kappa shape index (κ2) is 9.93. The van der Waals surface area contributed by atoms with Crippen LogP contribution < -0.4 is 5.32 Å². The molecule has 0 saturated heterocycles. The lowest BCUT2D eigenvalue weighted by atomic mass is 10.1. The molecule has 0 aliphatic heterocycles. The van der Waals surface area contributed by atoms with Crippen LogP contribution >= 0.6 is 0 Å². The topological polar surface area (TPSA) is 84.1 Å². The van der Waals surface area contributed by atoms with Crippen LogP contribution in [0.2, 0.25) is 0 Å². The highest BCUT2D eigenvalue weighted by Crippen LogP contribution is 2.20. The summed E-state index contributed by atoms with van der Waals surface area (Å²) in [6.45, 7) is 12.5. The van der Waals surface area contributed by atoms with Crippen molar-refractivity contribution in [2.24, 2.45) is 5.92 Å². The van der Waals surface area contributed by atoms with Gasteiger partial charge in [0.15, 0.2) is 6.10 Å². The zero-order valence-electron chi connectivity index (χ0n) is 18.4. The molecular weight excluding hydrogens is 378 g/mol. The number of amides is 1. The van der Waals surface area contributed by atoms with E-state index in [-0.39, 0.29) is 5.57 Å². The largest absolute Gasteiger partial charge is 0.448 e. The molecular formula is C24H29N3O3. The van der Waals surface area contributed by atoms with Gasteiger partial charge in [-0.1, -0.05) is 31.5 Å². The molecule has 0 fully saturated rings. The Bertz CT molecular complexity index is 992. The van der Waals surface area contributed by atoms with Gasteiger partial charge in [-0.05, 0) is 63.5 Å². The number of carbonyl (C=O) groups excluding carboxylic acids is 2. The highest BCUT2D eigenvalue weighted by molar-refractivity contribution is 6.01. The van der Waals surface area contributed by atoms with E-state index in [0.29, 0.717) is 11.6 Å². The van der Waals surface area contributed by atoms with Gasteiger partial charge in [-0.15, -0.1) is 0 Å². The molecule has 0 radical (unpaired) electrons. The minimum absolute atomic E-state index is 0.144. The number of aromatic nitrogens is 1. The van der Waals surface area contributed by atoms with Gasteiger partial charge in [0.05, 0.1) is 0 Å². The third kappa shape index (κ3) is 5.84. The molecule has 6 heteroatoms. The van der Waals surface area contributed by atoms with Gasteiger partial charge >= 0.3 is 5.97 Å². The van der Waals surface area contributed by atoms with Gasteiger partial charge in [-0.25, -0.2) is 4.79 Å². The smallest absolute Gasteiger partial charge is 0.349 e. The summed E-state index contributed by atoms with van der Waals surface area (Å²) in [5, 5.41) is 12.2. The summed E-state index contributed by atoms with van der Waals surface area (Å²) in [5.74, 6) is -0.808. The van der Waals surface area contributed by atoms with E-state index in [9.17, 15) is 14.9 Å². The number of hydrogen-bond acceptors (Lipinski definition) is 4. The van der Waals surface area contributed by atoms with Crippen LogP contribution in [0.25, 0.3) is 6.08 Å². The van der Waals surface area contributed by atoms with Gasteiger partial charge in [0.25, 0.3) is 5.91 Å². The average molecular weight is 408 g/mol. The summed E-state index contributed by atoms with van der Waals surface area (Å²) in [7, 11) is 0. The van der Waals surface area contributed by atoms with Crippen molar-refractivity contribution in [2.45, 2.75) is 54.2 Å². The third-order valence-electron chi connectivity index (χ3n) is 4.77. The van der Waals surface area contributed by atoms with Crippen LogP contribution in [-0.4, -0.2) is 22.5 Å². The number of rotatable bonds is 7. The predicted molar refractivity (Wildman–Crippen MR) is 118 cm³/mol. The highest BCUT2D eigenvalue weighted by Gasteiger charge is 2.21. The molecule has 158 valence electrons. The number of anilines is 1. The Morgan fingerprint density at radius 2 is 1.80 bits per heavy atom. The lowest BCUT2D eigenvalue weighted by molar-refractivity contribution is -0.148. The SMILES string of the molecule is Cc1ccc(NC(=O)[C@@H](C)OC(=O)/C(C#N)=C/c2cc(C)n(CC(C)C)c2C)cc1. The van der Waals surface area contributed by atoms with Crippen molar-refractivity contribution < 1.29 is 14.3 Å². The van der Waals surface area contributed by atoms with Crippen LogP contribution in [0.3, 0.4) is 0 Å². The molecule has 0 bridgehead atoms. The van der Waals surface area contributed by atoms with Crippen molar-refractivity contribution in [3.05, 3.63) is 58.4 Å². The molecule has 1 aromatic carbocycles. The monoisotopic (exact) mass is 407 g/mol. The maximum Gasteiger partial charge on any atom is 0.349 e. The molecule has 2 aromatic rings. The third-order valence-corrected chi connectivity index (χ3v) is 4.77. The molecule has 0 unspecified atom stereocenters. The van der Waals surface area contributed by atoms with E-state index >= 15 is 0 Å². The van der Waals surface area contributed by atoms with Gasteiger partial charge in [0.2, 0.25) is 0 Å². The van der Waals surface area contributed by atoms with E-state index < -0.39 is 18.0 Å². The summed E-state index contributed by atoms with van der Waals surface area (Å²) < 4.78 is 7.39. The molecule has 1 aromatic heterocycles. The van der Waals surface area contributed by atoms with E-state index in [1.807, 2.05) is 45.0 Å². The Balaban J connectivity index is 2.11. The van der Waals surface area contributed by atoms with E-state index in [2.05, 4.69) is 23.7 Å². The lowest BCUT2D eigenvalue weighted by Gasteiger charge is -2.13. The number of hydrogen-bond donors (Lipinski definition) is 1. The molecule has 0 spiro atoms. The average Bonchev–Trinajstić information content (AvgIpc) is 2.94. The summed E-state index contributed by atoms with van der Waals surface area (Å²) >= 11 is 0. The fourth-order valence-electron chi connectivity index (χ4n) is 3.07. The number of nitrogens with zero attached hydrogens (tertiary/aromatic N) is 2. The van der Waals surface area contributed by atoms with Gasteiger partial charge in [-0.3, -0.25) is 4.79 Å². The van der Waals surface area contributed by atoms with Gasteiger partial charge in [-0.2, -0.15) is 5.26 Å². The van der Waals surface area contributed by atoms with E-state index in [0.717, 1.165) is 29.1 Å². The Morgan fingerprint density at radius 1 is 1.17 bits per heavy atom. The number of aryl methyl sites for hydroxylation is 2. The molecule has 2 rings (SSSR count). The van der Waals surface area contributed by atoms with E-state index in [4.69, 9.17) is 4.74 Å². The Labute approximate surface area is 178 Å². The van der Waals surface area contributed by atoms with Gasteiger partial charge in [0.1, 0.15) is 11.6 Å². The van der Waals surface area contributed by atoms with Crippen LogP contribution in [-0.2, 0) is 20.9 Å². The number of carbonyl (C=O) groups is 2. The van der Waals surface area contributed by atoms with E-state index in [1.54, 1.807) is 12.1 Å². The lowest BCUT2D eigenvalue weighted by Crippen LogP contribution is -2.30. The van der Waals surface area contributed by atoms with Crippen LogP contribution in [0, 0.1) is 38.0 Å². The molecule has 0 aliphatic rings. The Morgan fingerprint density at radius 3 is 2.37 bits per heavy atom. The molecule has 0 saturated carbocycles. The van der Waals surface area contributed by atoms with Gasteiger partial charge < -0.3 is 14.6 Å². The fraction of sp³-hybridized carbons (Fsp3) is 0.375. The first-order valence-corrected chi connectivity index (χ1v) is 9.99. The maximum atomic E-state index is 12.5. The quantitative estimate of drug-likeness (QED) is 0.415. The van der Waals surface area contributed by atoms with Crippen LogP contribution in [0.4, 0.5) is 5.69 Å². The van der Waals surface area contributed by atoms with Crippen molar-refractivity contribution in [1.82, 2.24) is 4.57 Å². The standard InChI is InChI=1S/C24H29N3O3/c1-15(2)14-27-17(4)11-20(18(27)5)12-21(13-25)24(29)30-19(6)23(28)26-22-9-7-16(3)8-10-22/h7-12,15,19H,14H2,1-6H3,(H,26,28)/b21-12+/t19-/m1/s1. The number of nitrogens with one attached hydrogen (secondary N) is 1. The van der Waals surface area contributed by atoms with Crippen molar-refractivity contribution in [3.63, 3.8) is 0 Å². The van der Waals surface area contributed by atoms with Crippen LogP contribution in [0.5, 0.6) is 0 Å². The summed E-state index contributed by atoms with van der Waals surface area (Å²) in [5.41, 5.74) is 4.37. The summed E-state index contributed by atoms with van der Waals surface area (Å²) in [4.78, 5) is 24.8. The first kappa shape index (κ1) is 23.0. The molecule has 6 nitrogen and oxygen atoms in total. The minimum atomic E-state index is -1.04. The molecule has 1 amide bonds. The second-order valence-electron chi connectivity index (χ2n) is 7.90. The fourth-order valence-corrected chi connectivity index (χ4v) is 3.07. The zero-order chi connectivity index (χ0) is 22.4. The van der Waals surface area contributed by atoms with Crippen LogP contribution in [0.15, 0.2) is 35.9 Å². The highest BCUT2D eigenvalue weighted by atomic mass is 16.5. The molecule has 0 aliphatic carbocycles. The molecule has 1 heterocycles. The molecule has 30 heavy (non-hydrogen) atoms. The van der Waals surface area contributed by atoms with Crippen molar-refractivity contribution >= 4 is 23.6 Å². The van der Waals surface area contributed by atoms with E-state index in [1.165, 1.54) is 13.0 Å². The molecule has 1 atom stereocenters. The van der Waals surface area contributed by atoms with Crippen LogP contribution in [0.1, 0.15) is 43.3 Å². The van der Waals surface area contributed by atoms with Crippen molar-refractivity contribution in [2.75, 3.05) is 5.32 Å². The van der Waals surface area contributed by atoms with Crippen molar-refractivity contribution in [3.8, 4) is 6.07 Å². The summed E-state index contributed by atoms with van der Waals surface area (Å²) in [6, 6.07) is 11.1. The Kier molecular flexibility index (Phi) is 7.60. The van der Waals surface area contributed by atoms with Crippen molar-refractivity contribution in [1.29, 1.82) is 5.26 Å². The number of esters is 1. The zero-order valence-corrected chi connectivity index (χ0v) is 18.4. The second-order valence-corrected chi connectivity index (χ2v) is 7.90. The first-order valence-electron chi connectivity index (χ1n) is 9.99. The number of benzene rings is 1. The number of nitriles is 1. The number of ether oxygens (including phenoxy) is 1. The first-order chi connectivity index (χ1) is 14.1. The Hall–Kier alpha value is -3.33. The minimum Gasteiger partial charge on any atom is -0.448 e. The normalized spacial score (nSPS) is 12.4. The predicted octanol–water partition coefficient (Wildman–Crippen LogP) is 4.55.